The third kappa shape index (κ3) is 4.31. The third-order valence-corrected chi connectivity index (χ3v) is 4.56. The molecule has 1 aliphatic rings. The van der Waals surface area contributed by atoms with Gasteiger partial charge < -0.3 is 5.32 Å². The zero-order valence-electron chi connectivity index (χ0n) is 10.4. The molecule has 1 unspecified atom stereocenters. The van der Waals surface area contributed by atoms with E-state index in [1.54, 1.807) is 12.1 Å². The first-order valence-corrected chi connectivity index (χ1v) is 8.07. The quantitative estimate of drug-likeness (QED) is 0.856. The number of anilines is 1. The minimum atomic E-state index is -3.21. The van der Waals surface area contributed by atoms with E-state index in [9.17, 15) is 8.42 Å². The van der Waals surface area contributed by atoms with E-state index in [1.807, 2.05) is 18.2 Å². The van der Waals surface area contributed by atoms with Crippen LogP contribution in [0, 0.1) is 5.92 Å². The summed E-state index contributed by atoms with van der Waals surface area (Å²) < 4.78 is 26.4. The summed E-state index contributed by atoms with van der Waals surface area (Å²) in [5.74, 6) is 0.694. The number of nitrogens with one attached hydrogen (secondary N) is 2. The van der Waals surface area contributed by atoms with Gasteiger partial charge in [0.05, 0.1) is 5.75 Å². The van der Waals surface area contributed by atoms with Crippen LogP contribution in [0.2, 0.25) is 0 Å². The third-order valence-electron chi connectivity index (χ3n) is 3.24. The summed E-state index contributed by atoms with van der Waals surface area (Å²) in [5.41, 5.74) is 0.638. The monoisotopic (exact) mass is 268 g/mol. The maximum atomic E-state index is 11.9. The second-order valence-electron chi connectivity index (χ2n) is 4.79. The van der Waals surface area contributed by atoms with E-state index in [1.165, 1.54) is 0 Å². The van der Waals surface area contributed by atoms with Gasteiger partial charge in [0.1, 0.15) is 0 Å². The Hall–Kier alpha value is -1.07. The van der Waals surface area contributed by atoms with Crippen molar-refractivity contribution in [3.63, 3.8) is 0 Å². The number of para-hydroxylation sites is 1. The van der Waals surface area contributed by atoms with Crippen LogP contribution in [-0.2, 0) is 10.0 Å². The van der Waals surface area contributed by atoms with Crippen LogP contribution in [0.15, 0.2) is 30.3 Å². The summed E-state index contributed by atoms with van der Waals surface area (Å²) in [6.07, 6.45) is 3.01. The lowest BCUT2D eigenvalue weighted by Crippen LogP contribution is -2.31. The number of benzene rings is 1. The Kier molecular flexibility index (Phi) is 4.60. The molecule has 0 spiro atoms. The molecule has 1 heterocycles. The van der Waals surface area contributed by atoms with E-state index in [2.05, 4.69) is 10.0 Å². The van der Waals surface area contributed by atoms with Crippen molar-refractivity contribution in [1.29, 1.82) is 0 Å². The Bertz CT molecular complexity index is 453. The highest BCUT2D eigenvalue weighted by Gasteiger charge is 2.17. The standard InChI is InChI=1S/C13H20N2O2S/c16-18(17,15-13-6-2-1-3-7-13)10-8-12-5-4-9-14-11-12/h1-3,6-7,12,14-15H,4-5,8-11H2. The van der Waals surface area contributed by atoms with E-state index in [0.717, 1.165) is 32.4 Å². The summed E-state index contributed by atoms with van der Waals surface area (Å²) in [4.78, 5) is 0. The molecule has 1 aromatic carbocycles. The van der Waals surface area contributed by atoms with Crippen LogP contribution in [0.25, 0.3) is 0 Å². The van der Waals surface area contributed by atoms with Gasteiger partial charge in [-0.15, -0.1) is 0 Å². The summed E-state index contributed by atoms with van der Waals surface area (Å²) in [6.45, 7) is 2.01. The van der Waals surface area contributed by atoms with E-state index in [0.29, 0.717) is 11.6 Å². The second kappa shape index (κ2) is 6.20. The number of piperidine rings is 1. The van der Waals surface area contributed by atoms with Gasteiger partial charge in [-0.05, 0) is 50.4 Å². The minimum absolute atomic E-state index is 0.203. The second-order valence-corrected chi connectivity index (χ2v) is 6.63. The summed E-state index contributed by atoms with van der Waals surface area (Å²) >= 11 is 0. The number of rotatable bonds is 5. The number of hydrogen-bond donors (Lipinski definition) is 2. The molecule has 0 saturated carbocycles. The molecule has 0 radical (unpaired) electrons. The molecule has 1 fully saturated rings. The molecule has 0 aliphatic carbocycles. The molecule has 0 aromatic heterocycles. The molecule has 100 valence electrons. The molecule has 18 heavy (non-hydrogen) atoms. The Labute approximate surface area is 109 Å². The van der Waals surface area contributed by atoms with Crippen LogP contribution in [-0.4, -0.2) is 27.3 Å². The van der Waals surface area contributed by atoms with Gasteiger partial charge in [0.2, 0.25) is 10.0 Å². The molecule has 1 aromatic rings. The molecule has 1 aliphatic heterocycles. The summed E-state index contributed by atoms with van der Waals surface area (Å²) in [5, 5.41) is 3.31. The molecular weight excluding hydrogens is 248 g/mol. The van der Waals surface area contributed by atoms with Crippen LogP contribution in [0.5, 0.6) is 0 Å². The van der Waals surface area contributed by atoms with E-state index in [4.69, 9.17) is 0 Å². The van der Waals surface area contributed by atoms with Crippen molar-refractivity contribution in [3.05, 3.63) is 30.3 Å². The van der Waals surface area contributed by atoms with Crippen LogP contribution >= 0.6 is 0 Å². The normalized spacial score (nSPS) is 20.6. The van der Waals surface area contributed by atoms with Crippen LogP contribution in [0.1, 0.15) is 19.3 Å². The highest BCUT2D eigenvalue weighted by Crippen LogP contribution is 2.16. The highest BCUT2D eigenvalue weighted by molar-refractivity contribution is 7.92. The number of sulfonamides is 1. The van der Waals surface area contributed by atoms with Gasteiger partial charge in [-0.2, -0.15) is 0 Å². The largest absolute Gasteiger partial charge is 0.316 e. The van der Waals surface area contributed by atoms with Gasteiger partial charge in [0.25, 0.3) is 0 Å². The van der Waals surface area contributed by atoms with Gasteiger partial charge in [-0.3, -0.25) is 4.72 Å². The first kappa shape index (κ1) is 13.4. The maximum Gasteiger partial charge on any atom is 0.232 e. The fraction of sp³-hybridized carbons (Fsp3) is 0.538. The lowest BCUT2D eigenvalue weighted by Gasteiger charge is -2.22. The fourth-order valence-electron chi connectivity index (χ4n) is 2.23. The van der Waals surface area contributed by atoms with Gasteiger partial charge in [-0.1, -0.05) is 18.2 Å². The molecule has 2 rings (SSSR count). The average Bonchev–Trinajstić information content (AvgIpc) is 2.38. The molecule has 1 atom stereocenters. The van der Waals surface area contributed by atoms with Crippen LogP contribution < -0.4 is 10.0 Å². The lowest BCUT2D eigenvalue weighted by molar-refractivity contribution is 0.369. The Morgan fingerprint density at radius 1 is 1.28 bits per heavy atom. The molecular formula is C13H20N2O2S. The van der Waals surface area contributed by atoms with Crippen molar-refractivity contribution >= 4 is 15.7 Å². The van der Waals surface area contributed by atoms with Crippen LogP contribution in [0.3, 0.4) is 0 Å². The predicted molar refractivity (Wildman–Crippen MR) is 74.1 cm³/mol. The first-order valence-electron chi connectivity index (χ1n) is 6.42. The summed E-state index contributed by atoms with van der Waals surface area (Å²) in [6, 6.07) is 9.04. The van der Waals surface area contributed by atoms with E-state index < -0.39 is 10.0 Å². The van der Waals surface area contributed by atoms with Crippen molar-refractivity contribution in [2.45, 2.75) is 19.3 Å². The lowest BCUT2D eigenvalue weighted by atomic mass is 9.97. The predicted octanol–water partition coefficient (Wildman–Crippen LogP) is 1.82. The SMILES string of the molecule is O=S(=O)(CCC1CCCNC1)Nc1ccccc1. The van der Waals surface area contributed by atoms with Crippen molar-refractivity contribution in [3.8, 4) is 0 Å². The minimum Gasteiger partial charge on any atom is -0.316 e. The van der Waals surface area contributed by atoms with E-state index >= 15 is 0 Å². The number of hydrogen-bond acceptors (Lipinski definition) is 3. The summed E-state index contributed by atoms with van der Waals surface area (Å²) in [7, 11) is -3.21. The Morgan fingerprint density at radius 3 is 2.72 bits per heavy atom. The average molecular weight is 268 g/mol. The van der Waals surface area contributed by atoms with Gasteiger partial charge in [0.15, 0.2) is 0 Å². The zero-order chi connectivity index (χ0) is 12.8. The van der Waals surface area contributed by atoms with Crippen molar-refractivity contribution < 1.29 is 8.42 Å². The topological polar surface area (TPSA) is 58.2 Å². The van der Waals surface area contributed by atoms with Gasteiger partial charge >= 0.3 is 0 Å². The molecule has 5 heteroatoms. The highest BCUT2D eigenvalue weighted by atomic mass is 32.2. The first-order chi connectivity index (χ1) is 8.66. The zero-order valence-corrected chi connectivity index (χ0v) is 11.2. The van der Waals surface area contributed by atoms with Crippen LogP contribution in [0.4, 0.5) is 5.69 Å². The Morgan fingerprint density at radius 2 is 2.06 bits per heavy atom. The molecule has 4 nitrogen and oxygen atoms in total. The smallest absolute Gasteiger partial charge is 0.232 e. The van der Waals surface area contributed by atoms with Crippen molar-refractivity contribution in [2.24, 2.45) is 5.92 Å². The maximum absolute atomic E-state index is 11.9. The fourth-order valence-corrected chi connectivity index (χ4v) is 3.47. The van der Waals surface area contributed by atoms with E-state index in [-0.39, 0.29) is 5.75 Å². The molecule has 0 bridgehead atoms. The molecule has 2 N–H and O–H groups in total. The van der Waals surface area contributed by atoms with Gasteiger partial charge in [0, 0.05) is 5.69 Å². The molecule has 0 amide bonds. The van der Waals surface area contributed by atoms with Gasteiger partial charge in [-0.25, -0.2) is 8.42 Å². The Balaban J connectivity index is 1.83. The van der Waals surface area contributed by atoms with Crippen molar-refractivity contribution in [1.82, 2.24) is 5.32 Å². The van der Waals surface area contributed by atoms with Crippen molar-refractivity contribution in [2.75, 3.05) is 23.6 Å². The molecule has 1 saturated heterocycles.